The molecule has 34 heavy (non-hydrogen) atoms. The highest BCUT2D eigenvalue weighted by Crippen LogP contribution is 2.44. The lowest BCUT2D eigenvalue weighted by atomic mass is 9.98. The van der Waals surface area contributed by atoms with Gasteiger partial charge in [-0.25, -0.2) is 9.59 Å². The Kier molecular flexibility index (Phi) is 7.17. The molecule has 1 heterocycles. The molecule has 1 aliphatic carbocycles. The number of likely N-dealkylation sites (tertiary alicyclic amines) is 1. The third-order valence-corrected chi connectivity index (χ3v) is 6.75. The number of aliphatic carboxylic acids is 1. The molecule has 3 N–H and O–H groups in total. The van der Waals surface area contributed by atoms with Gasteiger partial charge in [0.1, 0.15) is 12.6 Å². The number of β-amino-alcohol motifs (C(OH)–C–C–N with tert-alkyl or cyclic N) is 1. The normalized spacial score (nSPS) is 19.9. The van der Waals surface area contributed by atoms with Crippen LogP contribution in [0, 0.1) is 0 Å². The molecule has 4 rings (SSSR count). The van der Waals surface area contributed by atoms with Gasteiger partial charge in [0, 0.05) is 31.3 Å². The molecule has 180 valence electrons. The number of aliphatic hydroxyl groups excluding tert-OH is 1. The molecular weight excluding hydrogens is 436 g/mol. The Morgan fingerprint density at radius 2 is 1.71 bits per heavy atom. The molecule has 0 bridgehead atoms. The number of alkyl carbamates (subject to hydrolysis) is 1. The molecule has 2 aliphatic rings. The zero-order valence-corrected chi connectivity index (χ0v) is 19.1. The first kappa shape index (κ1) is 23.8. The lowest BCUT2D eigenvalue weighted by Gasteiger charge is -2.23. The van der Waals surface area contributed by atoms with Crippen molar-refractivity contribution in [2.75, 3.05) is 13.2 Å². The number of amides is 2. The van der Waals surface area contributed by atoms with E-state index >= 15 is 0 Å². The summed E-state index contributed by atoms with van der Waals surface area (Å²) in [6, 6.07) is 14.9. The minimum atomic E-state index is -1.12. The molecule has 8 heteroatoms. The highest BCUT2D eigenvalue weighted by molar-refractivity contribution is 5.84. The van der Waals surface area contributed by atoms with Gasteiger partial charge in [-0.15, -0.1) is 0 Å². The van der Waals surface area contributed by atoms with E-state index in [0.29, 0.717) is 12.8 Å². The molecule has 2 amide bonds. The van der Waals surface area contributed by atoms with E-state index in [1.54, 1.807) is 0 Å². The molecule has 3 atom stereocenters. The van der Waals surface area contributed by atoms with Gasteiger partial charge in [0.2, 0.25) is 5.91 Å². The molecule has 0 spiro atoms. The standard InChI is InChI=1S/C26H30N2O6/c1-2-16(11-12-24(30)28-14-17(29)13-23(28)25(31)32)27-26(33)34-15-22-20-9-5-3-7-18(20)19-8-4-6-10-21(19)22/h3-10,16-17,22-23,29H,2,11-15H2,1H3,(H,27,33)(H,31,32)/t16?,17?,23-/m0/s1. The SMILES string of the molecule is CCC(CCC(=O)N1CC(O)C[C@H]1C(=O)O)NC(=O)OCC1c2ccccc2-c2ccccc21. The average molecular weight is 467 g/mol. The summed E-state index contributed by atoms with van der Waals surface area (Å²) in [6.07, 6.45) is -0.289. The van der Waals surface area contributed by atoms with E-state index in [0.717, 1.165) is 22.3 Å². The molecule has 1 aliphatic heterocycles. The Bertz CT molecular complexity index is 1030. The number of fused-ring (bicyclic) bond motifs is 3. The summed E-state index contributed by atoms with van der Waals surface area (Å²) in [4.78, 5) is 37.7. The van der Waals surface area contributed by atoms with Gasteiger partial charge in [-0.1, -0.05) is 55.5 Å². The zero-order valence-electron chi connectivity index (χ0n) is 19.1. The van der Waals surface area contributed by atoms with Crippen LogP contribution in [0.2, 0.25) is 0 Å². The topological polar surface area (TPSA) is 116 Å². The van der Waals surface area contributed by atoms with Crippen molar-refractivity contribution in [2.24, 2.45) is 0 Å². The third kappa shape index (κ3) is 4.92. The fraction of sp³-hybridized carbons (Fsp3) is 0.423. The number of hydrogen-bond donors (Lipinski definition) is 3. The summed E-state index contributed by atoms with van der Waals surface area (Å²) in [5, 5.41) is 21.9. The van der Waals surface area contributed by atoms with Crippen molar-refractivity contribution in [2.45, 2.75) is 56.7 Å². The van der Waals surface area contributed by atoms with Gasteiger partial charge < -0.3 is 25.2 Å². The van der Waals surface area contributed by atoms with Crippen molar-refractivity contribution >= 4 is 18.0 Å². The van der Waals surface area contributed by atoms with Crippen LogP contribution in [0.1, 0.15) is 49.7 Å². The fourth-order valence-electron chi connectivity index (χ4n) is 4.95. The first-order valence-electron chi connectivity index (χ1n) is 11.7. The van der Waals surface area contributed by atoms with Gasteiger partial charge in [-0.05, 0) is 35.1 Å². The van der Waals surface area contributed by atoms with Crippen LogP contribution in [0.3, 0.4) is 0 Å². The van der Waals surface area contributed by atoms with Crippen molar-refractivity contribution in [3.8, 4) is 11.1 Å². The zero-order chi connectivity index (χ0) is 24.2. The van der Waals surface area contributed by atoms with Crippen LogP contribution < -0.4 is 5.32 Å². The second kappa shape index (κ2) is 10.3. The number of hydrogen-bond acceptors (Lipinski definition) is 5. The molecule has 0 radical (unpaired) electrons. The average Bonchev–Trinajstić information content (AvgIpc) is 3.38. The number of carboxylic acid groups (broad SMARTS) is 1. The molecule has 1 fully saturated rings. The Morgan fingerprint density at radius 3 is 2.29 bits per heavy atom. The van der Waals surface area contributed by atoms with Gasteiger partial charge in [-0.2, -0.15) is 0 Å². The monoisotopic (exact) mass is 466 g/mol. The summed E-state index contributed by atoms with van der Waals surface area (Å²) >= 11 is 0. The number of aliphatic hydroxyl groups is 1. The second-order valence-electron chi connectivity index (χ2n) is 8.90. The van der Waals surface area contributed by atoms with Crippen LogP contribution >= 0.6 is 0 Å². The van der Waals surface area contributed by atoms with Crippen molar-refractivity contribution in [3.05, 3.63) is 59.7 Å². The second-order valence-corrected chi connectivity index (χ2v) is 8.90. The summed E-state index contributed by atoms with van der Waals surface area (Å²) in [7, 11) is 0. The Balaban J connectivity index is 1.30. The predicted molar refractivity (Wildman–Crippen MR) is 125 cm³/mol. The number of carboxylic acids is 1. The molecule has 2 aromatic carbocycles. The molecule has 0 aromatic heterocycles. The first-order valence-corrected chi connectivity index (χ1v) is 11.7. The van der Waals surface area contributed by atoms with Gasteiger partial charge in [0.25, 0.3) is 0 Å². The van der Waals surface area contributed by atoms with Gasteiger partial charge in [0.15, 0.2) is 0 Å². The molecule has 2 unspecified atom stereocenters. The smallest absolute Gasteiger partial charge is 0.407 e. The molecule has 1 saturated heterocycles. The largest absolute Gasteiger partial charge is 0.480 e. The van der Waals surface area contributed by atoms with Crippen molar-refractivity contribution in [3.63, 3.8) is 0 Å². The van der Waals surface area contributed by atoms with E-state index in [9.17, 15) is 24.6 Å². The molecule has 0 saturated carbocycles. The van der Waals surface area contributed by atoms with E-state index < -0.39 is 24.2 Å². The van der Waals surface area contributed by atoms with E-state index in [4.69, 9.17) is 4.74 Å². The minimum absolute atomic E-state index is 0.0202. The predicted octanol–water partition coefficient (Wildman–Crippen LogP) is 3.13. The Labute approximate surface area is 198 Å². The Morgan fingerprint density at radius 1 is 1.09 bits per heavy atom. The molecular formula is C26H30N2O6. The van der Waals surface area contributed by atoms with Gasteiger partial charge in [0.05, 0.1) is 6.10 Å². The molecule has 2 aromatic rings. The van der Waals surface area contributed by atoms with Gasteiger partial charge in [-0.3, -0.25) is 4.79 Å². The lowest BCUT2D eigenvalue weighted by Crippen LogP contribution is -2.42. The minimum Gasteiger partial charge on any atom is -0.480 e. The van der Waals surface area contributed by atoms with Crippen LogP contribution in [-0.4, -0.2) is 64.4 Å². The highest BCUT2D eigenvalue weighted by atomic mass is 16.5. The van der Waals surface area contributed by atoms with E-state index in [2.05, 4.69) is 29.6 Å². The lowest BCUT2D eigenvalue weighted by molar-refractivity contribution is -0.148. The van der Waals surface area contributed by atoms with Crippen LogP contribution in [0.4, 0.5) is 4.79 Å². The number of benzene rings is 2. The maximum absolute atomic E-state index is 12.6. The van der Waals surface area contributed by atoms with Gasteiger partial charge >= 0.3 is 12.1 Å². The van der Waals surface area contributed by atoms with Crippen molar-refractivity contribution < 1.29 is 29.3 Å². The number of ether oxygens (including phenoxy) is 1. The number of carbonyl (C=O) groups excluding carboxylic acids is 2. The fourth-order valence-corrected chi connectivity index (χ4v) is 4.95. The maximum atomic E-state index is 12.6. The van der Waals surface area contributed by atoms with E-state index in [1.165, 1.54) is 4.90 Å². The Hall–Kier alpha value is -3.39. The van der Waals surface area contributed by atoms with Crippen LogP contribution in [-0.2, 0) is 14.3 Å². The van der Waals surface area contributed by atoms with Crippen LogP contribution in [0.15, 0.2) is 48.5 Å². The van der Waals surface area contributed by atoms with Crippen LogP contribution in [0.25, 0.3) is 11.1 Å². The first-order chi connectivity index (χ1) is 16.4. The third-order valence-electron chi connectivity index (χ3n) is 6.75. The summed E-state index contributed by atoms with van der Waals surface area (Å²) in [5.41, 5.74) is 4.58. The van der Waals surface area contributed by atoms with Crippen molar-refractivity contribution in [1.29, 1.82) is 0 Å². The number of nitrogens with zero attached hydrogens (tertiary/aromatic N) is 1. The molecule has 8 nitrogen and oxygen atoms in total. The number of carbonyl (C=O) groups is 3. The number of rotatable bonds is 8. The van der Waals surface area contributed by atoms with Crippen LogP contribution in [0.5, 0.6) is 0 Å². The van der Waals surface area contributed by atoms with E-state index in [-0.39, 0.29) is 43.9 Å². The summed E-state index contributed by atoms with van der Waals surface area (Å²) in [6.45, 7) is 2.13. The van der Waals surface area contributed by atoms with Crippen molar-refractivity contribution in [1.82, 2.24) is 10.2 Å². The summed E-state index contributed by atoms with van der Waals surface area (Å²) < 4.78 is 5.59. The maximum Gasteiger partial charge on any atom is 0.407 e. The highest BCUT2D eigenvalue weighted by Gasteiger charge is 2.38. The van der Waals surface area contributed by atoms with E-state index in [1.807, 2.05) is 31.2 Å². The quantitative estimate of drug-likeness (QED) is 0.551. The number of nitrogens with one attached hydrogen (secondary N) is 1. The summed E-state index contributed by atoms with van der Waals surface area (Å²) in [5.74, 6) is -1.49.